The van der Waals surface area contributed by atoms with Gasteiger partial charge >= 0.3 is 5.97 Å². The lowest BCUT2D eigenvalue weighted by Crippen LogP contribution is -2.00. The average molecular weight is 268 g/mol. The molecule has 0 heterocycles. The van der Waals surface area contributed by atoms with Crippen LogP contribution in [0, 0.1) is 0 Å². The third-order valence-electron chi connectivity index (χ3n) is 1.34. The molecule has 0 aromatic heterocycles. The zero-order valence-corrected chi connectivity index (χ0v) is 14.0. The highest BCUT2D eigenvalue weighted by atomic mass is 16.5. The minimum Gasteiger partial charge on any atom is -0.426 e. The number of hydrogen-bond acceptors (Lipinski definition) is 2. The van der Waals surface area contributed by atoms with Crippen molar-refractivity contribution in [2.75, 3.05) is 0 Å². The molecule has 0 radical (unpaired) electrons. The molecule has 0 aliphatic heterocycles. The Bertz CT molecular complexity index is 271. The monoisotopic (exact) mass is 268 g/mol. The van der Waals surface area contributed by atoms with Crippen LogP contribution in [0.5, 0.6) is 0 Å². The van der Waals surface area contributed by atoms with Gasteiger partial charge in [0.25, 0.3) is 0 Å². The Kier molecular flexibility index (Phi) is 34.8. The first-order valence-electron chi connectivity index (χ1n) is 6.96. The minimum absolute atomic E-state index is 0.352. The van der Waals surface area contributed by atoms with Crippen molar-refractivity contribution in [3.05, 3.63) is 48.8 Å². The Labute approximate surface area is 120 Å². The van der Waals surface area contributed by atoms with Gasteiger partial charge < -0.3 is 4.74 Å². The highest BCUT2D eigenvalue weighted by molar-refractivity contribution is 5.68. The third kappa shape index (κ3) is 19.0. The van der Waals surface area contributed by atoms with E-state index in [1.807, 2.05) is 54.5 Å². The molecule has 0 unspecified atom stereocenters. The lowest BCUT2D eigenvalue weighted by molar-refractivity contribution is -0.136. The Morgan fingerprint density at radius 1 is 1.00 bits per heavy atom. The summed E-state index contributed by atoms with van der Waals surface area (Å²) in [4.78, 5) is 10.7. The van der Waals surface area contributed by atoms with Crippen LogP contribution >= 0.6 is 0 Å². The van der Waals surface area contributed by atoms with E-state index in [0.717, 1.165) is 5.57 Å². The fraction of sp³-hybridized carbons (Fsp3) is 0.471. The van der Waals surface area contributed by atoms with Crippen LogP contribution in [0.4, 0.5) is 0 Å². The van der Waals surface area contributed by atoms with E-state index in [0.29, 0.717) is 5.76 Å². The van der Waals surface area contributed by atoms with Crippen molar-refractivity contribution in [3.8, 4) is 0 Å². The molecule has 2 heteroatoms. The highest BCUT2D eigenvalue weighted by Gasteiger charge is 2.03. The van der Waals surface area contributed by atoms with E-state index in [1.165, 1.54) is 6.92 Å². The molecule has 19 heavy (non-hydrogen) atoms. The van der Waals surface area contributed by atoms with Gasteiger partial charge in [0.2, 0.25) is 0 Å². The van der Waals surface area contributed by atoms with Crippen molar-refractivity contribution in [1.82, 2.24) is 0 Å². The summed E-state index contributed by atoms with van der Waals surface area (Å²) in [5.41, 5.74) is 0.773. The maximum atomic E-state index is 10.7. The molecular formula is C17H32O2. The molecule has 2 nitrogen and oxygen atoms in total. The first-order chi connectivity index (χ1) is 9.15. The summed E-state index contributed by atoms with van der Waals surface area (Å²) in [6.07, 6.45) is 6.62. The summed E-state index contributed by atoms with van der Waals surface area (Å²) in [5.74, 6) is 0.120. The molecule has 0 atom stereocenters. The van der Waals surface area contributed by atoms with Crippen molar-refractivity contribution < 1.29 is 9.53 Å². The predicted octanol–water partition coefficient (Wildman–Crippen LogP) is 5.83. The van der Waals surface area contributed by atoms with Gasteiger partial charge in [-0.1, -0.05) is 72.9 Å². The van der Waals surface area contributed by atoms with Crippen LogP contribution in [0.25, 0.3) is 0 Å². The second-order valence-electron chi connectivity index (χ2n) is 2.31. The van der Waals surface area contributed by atoms with Gasteiger partial charge in [0.05, 0.1) is 0 Å². The smallest absolute Gasteiger partial charge is 0.308 e. The summed E-state index contributed by atoms with van der Waals surface area (Å²) in [5, 5.41) is 0. The average Bonchev–Trinajstić information content (AvgIpc) is 2.46. The predicted molar refractivity (Wildman–Crippen MR) is 88.0 cm³/mol. The second kappa shape index (κ2) is 25.3. The van der Waals surface area contributed by atoms with Crippen LogP contribution in [-0.4, -0.2) is 5.97 Å². The van der Waals surface area contributed by atoms with E-state index in [-0.39, 0.29) is 5.97 Å². The summed E-state index contributed by atoms with van der Waals surface area (Å²) in [7, 11) is 0. The van der Waals surface area contributed by atoms with Gasteiger partial charge in [-0.05, 0) is 13.0 Å². The van der Waals surface area contributed by atoms with Crippen LogP contribution in [-0.2, 0) is 9.53 Å². The van der Waals surface area contributed by atoms with Gasteiger partial charge in [0.15, 0.2) is 0 Å². The number of carbonyl (C=O) groups is 1. The number of allylic oxidation sites excluding steroid dienone is 4. The third-order valence-corrected chi connectivity index (χ3v) is 1.34. The van der Waals surface area contributed by atoms with Gasteiger partial charge in [0.1, 0.15) is 5.76 Å². The molecular weight excluding hydrogens is 236 g/mol. The number of rotatable bonds is 4. The normalized spacial score (nSPS) is 9.26. The molecule has 0 saturated carbocycles. The molecule has 0 N–H and O–H groups in total. The Balaban J connectivity index is -0.000000163. The SMILES string of the molecule is C=C/C=C(OC(C)=O)\C(C=C)=C/C.CC.CC.CC. The van der Waals surface area contributed by atoms with Crippen molar-refractivity contribution in [2.24, 2.45) is 0 Å². The number of carbonyl (C=O) groups excluding carboxylic acids is 1. The first kappa shape index (κ1) is 26.1. The number of ether oxygens (including phenoxy) is 1. The van der Waals surface area contributed by atoms with Crippen LogP contribution in [0.1, 0.15) is 55.4 Å². The lowest BCUT2D eigenvalue weighted by atomic mass is 10.2. The fourth-order valence-corrected chi connectivity index (χ4v) is 0.812. The van der Waals surface area contributed by atoms with Crippen LogP contribution < -0.4 is 0 Å². The van der Waals surface area contributed by atoms with Crippen molar-refractivity contribution >= 4 is 5.97 Å². The van der Waals surface area contributed by atoms with E-state index >= 15 is 0 Å². The number of hydrogen-bond donors (Lipinski definition) is 0. The van der Waals surface area contributed by atoms with Crippen molar-refractivity contribution in [2.45, 2.75) is 55.4 Å². The summed E-state index contributed by atoms with van der Waals surface area (Å²) in [6, 6.07) is 0. The summed E-state index contributed by atoms with van der Waals surface area (Å²) in [6.45, 7) is 22.3. The Hall–Kier alpha value is -1.57. The Morgan fingerprint density at radius 2 is 1.42 bits per heavy atom. The topological polar surface area (TPSA) is 26.3 Å². The first-order valence-corrected chi connectivity index (χ1v) is 6.96. The second-order valence-corrected chi connectivity index (χ2v) is 2.31. The van der Waals surface area contributed by atoms with Gasteiger partial charge in [-0.15, -0.1) is 0 Å². The van der Waals surface area contributed by atoms with Crippen molar-refractivity contribution in [1.29, 1.82) is 0 Å². The van der Waals surface area contributed by atoms with Gasteiger partial charge in [0, 0.05) is 12.5 Å². The molecule has 0 aliphatic rings. The molecule has 0 bridgehead atoms. The molecule has 0 spiro atoms. The van der Waals surface area contributed by atoms with E-state index in [4.69, 9.17) is 4.74 Å². The standard InChI is InChI=1S/C11H14O2.3C2H6/c1-5-8-11(13-9(4)12)10(6-2)7-3;3*1-2/h5-8H,1-2H2,3-4H3;3*1-2H3/b10-7-,11-8+;;;. The van der Waals surface area contributed by atoms with E-state index in [2.05, 4.69) is 13.2 Å². The van der Waals surface area contributed by atoms with Gasteiger partial charge in [-0.2, -0.15) is 0 Å². The molecule has 0 fully saturated rings. The van der Waals surface area contributed by atoms with E-state index in [9.17, 15) is 4.79 Å². The maximum absolute atomic E-state index is 10.7. The van der Waals surface area contributed by atoms with Crippen molar-refractivity contribution in [3.63, 3.8) is 0 Å². The van der Waals surface area contributed by atoms with Gasteiger partial charge in [-0.25, -0.2) is 0 Å². The molecule has 0 saturated heterocycles. The quantitative estimate of drug-likeness (QED) is 0.364. The highest BCUT2D eigenvalue weighted by Crippen LogP contribution is 2.12. The zero-order chi connectivity index (χ0) is 16.3. The molecule has 0 aliphatic carbocycles. The van der Waals surface area contributed by atoms with Gasteiger partial charge in [-0.3, -0.25) is 4.79 Å². The molecule has 0 aromatic carbocycles. The maximum Gasteiger partial charge on any atom is 0.308 e. The fourth-order valence-electron chi connectivity index (χ4n) is 0.812. The van der Waals surface area contributed by atoms with Crippen LogP contribution in [0.3, 0.4) is 0 Å². The summed E-state index contributed by atoms with van der Waals surface area (Å²) >= 11 is 0. The molecule has 112 valence electrons. The van der Waals surface area contributed by atoms with Crippen LogP contribution in [0.15, 0.2) is 48.8 Å². The molecule has 0 amide bonds. The van der Waals surface area contributed by atoms with Crippen LogP contribution in [0.2, 0.25) is 0 Å². The minimum atomic E-state index is -0.352. The van der Waals surface area contributed by atoms with E-state index in [1.54, 1.807) is 18.2 Å². The summed E-state index contributed by atoms with van der Waals surface area (Å²) < 4.78 is 4.95. The van der Waals surface area contributed by atoms with E-state index < -0.39 is 0 Å². The molecule has 0 rings (SSSR count). The largest absolute Gasteiger partial charge is 0.426 e. The lowest BCUT2D eigenvalue weighted by Gasteiger charge is -2.06. The Morgan fingerprint density at radius 3 is 1.63 bits per heavy atom. The number of esters is 1. The molecule has 0 aromatic rings. The zero-order valence-electron chi connectivity index (χ0n) is 14.0.